The number of benzene rings is 1. The molecule has 2 rings (SSSR count). The highest BCUT2D eigenvalue weighted by Crippen LogP contribution is 2.25. The summed E-state index contributed by atoms with van der Waals surface area (Å²) >= 11 is 0. The molecule has 0 radical (unpaired) electrons. The summed E-state index contributed by atoms with van der Waals surface area (Å²) in [5, 5.41) is 0. The van der Waals surface area contributed by atoms with Crippen LogP contribution in [0.15, 0.2) is 18.2 Å². The molecule has 88 valence electrons. The molecule has 1 heterocycles. The van der Waals surface area contributed by atoms with Crippen molar-refractivity contribution in [2.75, 3.05) is 14.2 Å². The maximum absolute atomic E-state index is 11.5. The molecule has 0 aromatic heterocycles. The van der Waals surface area contributed by atoms with Crippen LogP contribution in [0.3, 0.4) is 0 Å². The minimum atomic E-state index is 0.0950. The van der Waals surface area contributed by atoms with E-state index in [-0.39, 0.29) is 5.91 Å². The molecule has 1 aromatic rings. The van der Waals surface area contributed by atoms with E-state index in [0.717, 1.165) is 16.9 Å². The number of rotatable bonds is 1. The van der Waals surface area contributed by atoms with Gasteiger partial charge in [0.1, 0.15) is 5.75 Å². The van der Waals surface area contributed by atoms with Crippen LogP contribution in [-0.4, -0.2) is 25.0 Å². The van der Waals surface area contributed by atoms with Gasteiger partial charge in [0.05, 0.1) is 7.11 Å². The van der Waals surface area contributed by atoms with Crippen LogP contribution in [0.5, 0.6) is 5.75 Å². The zero-order chi connectivity index (χ0) is 12.1. The van der Waals surface area contributed by atoms with E-state index in [1.54, 1.807) is 19.1 Å². The summed E-state index contributed by atoms with van der Waals surface area (Å²) in [5.41, 5.74) is 1.84. The summed E-state index contributed by atoms with van der Waals surface area (Å²) in [6.07, 6.45) is 1.25. The van der Waals surface area contributed by atoms with Gasteiger partial charge in [0.25, 0.3) is 5.91 Å². The highest BCUT2D eigenvalue weighted by atomic mass is 16.5. The summed E-state index contributed by atoms with van der Waals surface area (Å²) in [7, 11) is 3.43. The first-order chi connectivity index (χ1) is 7.63. The van der Waals surface area contributed by atoms with Crippen molar-refractivity contribution in [2.24, 2.45) is 0 Å². The fourth-order valence-electron chi connectivity index (χ4n) is 1.57. The van der Waals surface area contributed by atoms with Crippen LogP contribution in [0.4, 0.5) is 0 Å². The number of hydrogen-bond donors (Lipinski definition) is 0. The normalized spacial score (nSPS) is 13.0. The van der Waals surface area contributed by atoms with E-state index >= 15 is 0 Å². The number of nitrogens with zero attached hydrogens (tertiary/aromatic N) is 1. The lowest BCUT2D eigenvalue weighted by Gasteiger charge is -2.04. The predicted molar refractivity (Wildman–Crippen MR) is 64.8 cm³/mol. The molecule has 1 amide bonds. The lowest BCUT2D eigenvalue weighted by molar-refractivity contribution is 0.0816. The van der Waals surface area contributed by atoms with Crippen LogP contribution in [0, 0.1) is 0 Å². The van der Waals surface area contributed by atoms with Gasteiger partial charge in [0.15, 0.2) is 0 Å². The van der Waals surface area contributed by atoms with Gasteiger partial charge in [-0.1, -0.05) is 20.3 Å². The number of hydrogen-bond acceptors (Lipinski definition) is 2. The molecule has 0 spiro atoms. The lowest BCUT2D eigenvalue weighted by Crippen LogP contribution is -2.17. The first-order valence-corrected chi connectivity index (χ1v) is 5.56. The molecule has 0 bridgehead atoms. The third-order valence-electron chi connectivity index (χ3n) is 2.30. The van der Waals surface area contributed by atoms with Gasteiger partial charge in [-0.15, -0.1) is 0 Å². The quantitative estimate of drug-likeness (QED) is 0.729. The van der Waals surface area contributed by atoms with Gasteiger partial charge in [-0.25, -0.2) is 0 Å². The first-order valence-electron chi connectivity index (χ1n) is 5.56. The molecule has 16 heavy (non-hydrogen) atoms. The molecule has 3 nitrogen and oxygen atoms in total. The summed E-state index contributed by atoms with van der Waals surface area (Å²) in [6, 6.07) is 5.55. The van der Waals surface area contributed by atoms with E-state index < -0.39 is 0 Å². The van der Waals surface area contributed by atoms with E-state index in [1.165, 1.54) is 6.42 Å². The second-order valence-electron chi connectivity index (χ2n) is 3.89. The topological polar surface area (TPSA) is 29.5 Å². The van der Waals surface area contributed by atoms with Crippen LogP contribution in [0.25, 0.3) is 0 Å². The standard InChI is InChI=1S/C10H11NO2.C3H8/c1-11-6-7-5-8(13-2)3-4-9(7)10(11)12;1-3-2/h3-5H,6H2,1-2H3;3H2,1-2H3. The van der Waals surface area contributed by atoms with E-state index in [1.807, 2.05) is 18.2 Å². The van der Waals surface area contributed by atoms with Crippen molar-refractivity contribution in [3.05, 3.63) is 29.3 Å². The lowest BCUT2D eigenvalue weighted by atomic mass is 10.1. The van der Waals surface area contributed by atoms with Crippen molar-refractivity contribution in [3.63, 3.8) is 0 Å². The van der Waals surface area contributed by atoms with Crippen molar-refractivity contribution in [1.82, 2.24) is 4.90 Å². The molecule has 1 aromatic carbocycles. The Morgan fingerprint density at radius 1 is 1.38 bits per heavy atom. The zero-order valence-electron chi connectivity index (χ0n) is 10.4. The van der Waals surface area contributed by atoms with Crippen molar-refractivity contribution < 1.29 is 9.53 Å². The van der Waals surface area contributed by atoms with Crippen molar-refractivity contribution in [2.45, 2.75) is 26.8 Å². The van der Waals surface area contributed by atoms with Crippen molar-refractivity contribution >= 4 is 5.91 Å². The number of fused-ring (bicyclic) bond motifs is 1. The Bertz CT molecular complexity index is 374. The summed E-state index contributed by atoms with van der Waals surface area (Å²) < 4.78 is 5.08. The summed E-state index contributed by atoms with van der Waals surface area (Å²) in [6.45, 7) is 4.94. The van der Waals surface area contributed by atoms with Gasteiger partial charge in [-0.2, -0.15) is 0 Å². The van der Waals surface area contributed by atoms with Gasteiger partial charge in [0, 0.05) is 19.2 Å². The maximum atomic E-state index is 11.5. The number of ether oxygens (including phenoxy) is 1. The third kappa shape index (κ3) is 2.54. The van der Waals surface area contributed by atoms with Crippen LogP contribution in [-0.2, 0) is 6.54 Å². The van der Waals surface area contributed by atoms with Crippen LogP contribution in [0.2, 0.25) is 0 Å². The predicted octanol–water partition coefficient (Wildman–Crippen LogP) is 2.70. The SMILES string of the molecule is CCC.COc1ccc2c(c1)CN(C)C2=O. The molecule has 0 saturated carbocycles. The summed E-state index contributed by atoms with van der Waals surface area (Å²) in [5.74, 6) is 0.902. The fraction of sp³-hybridized carbons (Fsp3) is 0.462. The van der Waals surface area contributed by atoms with Gasteiger partial charge >= 0.3 is 0 Å². The molecular formula is C13H19NO2. The van der Waals surface area contributed by atoms with E-state index in [2.05, 4.69) is 13.8 Å². The molecule has 3 heteroatoms. The van der Waals surface area contributed by atoms with Gasteiger partial charge < -0.3 is 9.64 Å². The average Bonchev–Trinajstić information content (AvgIpc) is 2.55. The fourth-order valence-corrected chi connectivity index (χ4v) is 1.57. The Kier molecular flexibility index (Phi) is 4.35. The number of methoxy groups -OCH3 is 1. The maximum Gasteiger partial charge on any atom is 0.254 e. The van der Waals surface area contributed by atoms with Gasteiger partial charge in [-0.05, 0) is 23.8 Å². The molecule has 0 atom stereocenters. The first kappa shape index (κ1) is 12.6. The number of amides is 1. The Morgan fingerprint density at radius 2 is 2.00 bits per heavy atom. The van der Waals surface area contributed by atoms with Crippen molar-refractivity contribution in [1.29, 1.82) is 0 Å². The Hall–Kier alpha value is -1.51. The van der Waals surface area contributed by atoms with Gasteiger partial charge in [0.2, 0.25) is 0 Å². The number of carbonyl (C=O) groups excluding carboxylic acids is 1. The molecule has 0 saturated heterocycles. The second kappa shape index (κ2) is 5.54. The zero-order valence-corrected chi connectivity index (χ0v) is 10.4. The van der Waals surface area contributed by atoms with Crippen LogP contribution < -0.4 is 4.74 Å². The monoisotopic (exact) mass is 221 g/mol. The minimum absolute atomic E-state index is 0.0950. The highest BCUT2D eigenvalue weighted by molar-refractivity contribution is 5.98. The molecule has 0 fully saturated rings. The Labute approximate surface area is 97.0 Å². The van der Waals surface area contributed by atoms with Crippen molar-refractivity contribution in [3.8, 4) is 5.75 Å². The van der Waals surface area contributed by atoms with Crippen LogP contribution in [0.1, 0.15) is 36.2 Å². The Balaban J connectivity index is 0.000000386. The highest BCUT2D eigenvalue weighted by Gasteiger charge is 2.24. The molecular weight excluding hydrogens is 202 g/mol. The molecule has 0 unspecified atom stereocenters. The van der Waals surface area contributed by atoms with Gasteiger partial charge in [-0.3, -0.25) is 4.79 Å². The second-order valence-corrected chi connectivity index (χ2v) is 3.89. The molecule has 0 N–H and O–H groups in total. The minimum Gasteiger partial charge on any atom is -0.497 e. The largest absolute Gasteiger partial charge is 0.497 e. The van der Waals surface area contributed by atoms with E-state index in [4.69, 9.17) is 4.74 Å². The molecule has 1 aliphatic rings. The van der Waals surface area contributed by atoms with Crippen LogP contribution >= 0.6 is 0 Å². The number of carbonyl (C=O) groups is 1. The van der Waals surface area contributed by atoms with E-state index in [0.29, 0.717) is 6.54 Å². The molecule has 0 aliphatic carbocycles. The van der Waals surface area contributed by atoms with E-state index in [9.17, 15) is 4.79 Å². The smallest absolute Gasteiger partial charge is 0.254 e. The summed E-state index contributed by atoms with van der Waals surface area (Å²) in [4.78, 5) is 13.2. The third-order valence-corrected chi connectivity index (χ3v) is 2.30. The molecule has 1 aliphatic heterocycles. The Morgan fingerprint density at radius 3 is 2.56 bits per heavy atom. The average molecular weight is 221 g/mol.